The van der Waals surface area contributed by atoms with E-state index in [0.29, 0.717) is 22.8 Å². The van der Waals surface area contributed by atoms with Gasteiger partial charge in [0.25, 0.3) is 5.56 Å². The number of nitrogens with zero attached hydrogens (tertiary/aromatic N) is 4. The number of likely N-dealkylation sites (N-methyl/N-ethyl adjacent to an activating group) is 1. The van der Waals surface area contributed by atoms with E-state index in [0.717, 1.165) is 29.7 Å². The van der Waals surface area contributed by atoms with Crippen molar-refractivity contribution >= 4 is 22.3 Å². The summed E-state index contributed by atoms with van der Waals surface area (Å²) in [4.78, 5) is 30.4. The summed E-state index contributed by atoms with van der Waals surface area (Å²) >= 11 is 0. The highest BCUT2D eigenvalue weighted by molar-refractivity contribution is 5.95. The molecule has 4 aromatic rings. The Hall–Kier alpha value is -3.58. The summed E-state index contributed by atoms with van der Waals surface area (Å²) in [6.07, 6.45) is 6.55. The van der Waals surface area contributed by atoms with Gasteiger partial charge in [0.15, 0.2) is 0 Å². The number of hydrogen-bond acceptors (Lipinski definition) is 6. The van der Waals surface area contributed by atoms with Crippen molar-refractivity contribution in [1.29, 1.82) is 0 Å². The molecule has 29 heavy (non-hydrogen) atoms. The zero-order chi connectivity index (χ0) is 19.8. The van der Waals surface area contributed by atoms with E-state index in [-0.39, 0.29) is 5.56 Å². The number of nitrogens with one attached hydrogen (secondary N) is 2. The Bertz CT molecular complexity index is 1210. The first-order valence-electron chi connectivity index (χ1n) is 9.51. The number of fused-ring (bicyclic) bond motifs is 1. The van der Waals surface area contributed by atoms with Gasteiger partial charge in [-0.05, 0) is 42.3 Å². The minimum atomic E-state index is -0.178. The van der Waals surface area contributed by atoms with Gasteiger partial charge in [-0.1, -0.05) is 12.1 Å². The molecule has 0 aliphatic carbocycles. The number of anilines is 2. The van der Waals surface area contributed by atoms with Crippen LogP contribution in [0.25, 0.3) is 22.0 Å². The number of pyridine rings is 2. The van der Waals surface area contributed by atoms with Crippen molar-refractivity contribution in [2.45, 2.75) is 5.92 Å². The maximum Gasteiger partial charge on any atom is 0.259 e. The third-order valence-corrected chi connectivity index (χ3v) is 5.32. The Morgan fingerprint density at radius 2 is 1.86 bits per heavy atom. The zero-order valence-corrected chi connectivity index (χ0v) is 16.0. The Labute approximate surface area is 167 Å². The molecule has 0 radical (unpaired) electrons. The van der Waals surface area contributed by atoms with Crippen LogP contribution in [0.1, 0.15) is 11.5 Å². The quantitative estimate of drug-likeness (QED) is 0.562. The number of hydrogen-bond donors (Lipinski definition) is 2. The largest absolute Gasteiger partial charge is 0.340 e. The second-order valence-corrected chi connectivity index (χ2v) is 7.42. The van der Waals surface area contributed by atoms with E-state index in [9.17, 15) is 4.79 Å². The Balaban J connectivity index is 1.54. The fourth-order valence-corrected chi connectivity index (χ4v) is 3.77. The van der Waals surface area contributed by atoms with Gasteiger partial charge in [0.05, 0.1) is 11.1 Å². The third-order valence-electron chi connectivity index (χ3n) is 5.32. The highest BCUT2D eigenvalue weighted by Crippen LogP contribution is 2.29. The van der Waals surface area contributed by atoms with Crippen molar-refractivity contribution in [3.05, 3.63) is 77.2 Å². The van der Waals surface area contributed by atoms with E-state index in [1.165, 1.54) is 11.9 Å². The van der Waals surface area contributed by atoms with Gasteiger partial charge in [-0.25, -0.2) is 15.0 Å². The smallest absolute Gasteiger partial charge is 0.259 e. The molecule has 7 nitrogen and oxygen atoms in total. The average molecular weight is 384 g/mol. The number of benzene rings is 1. The van der Waals surface area contributed by atoms with Gasteiger partial charge in [-0.3, -0.25) is 4.79 Å². The van der Waals surface area contributed by atoms with Crippen LogP contribution in [0, 0.1) is 0 Å². The molecule has 0 spiro atoms. The SMILES string of the molecule is CN1CC(c2ccc(Nc3nc(-c4cncnc4)cc4cc[nH]c(=O)c34)cc2)C1. The molecule has 5 rings (SSSR count). The van der Waals surface area contributed by atoms with Gasteiger partial charge in [0, 0.05) is 48.8 Å². The van der Waals surface area contributed by atoms with Crippen LogP contribution in [0.3, 0.4) is 0 Å². The van der Waals surface area contributed by atoms with Gasteiger partial charge in [-0.15, -0.1) is 0 Å². The van der Waals surface area contributed by atoms with E-state index in [2.05, 4.69) is 44.3 Å². The molecule has 1 fully saturated rings. The molecule has 0 atom stereocenters. The van der Waals surface area contributed by atoms with Crippen molar-refractivity contribution in [1.82, 2.24) is 24.8 Å². The van der Waals surface area contributed by atoms with E-state index in [1.807, 2.05) is 24.3 Å². The zero-order valence-electron chi connectivity index (χ0n) is 16.0. The van der Waals surface area contributed by atoms with Gasteiger partial charge in [-0.2, -0.15) is 0 Å². The first-order valence-corrected chi connectivity index (χ1v) is 9.51. The van der Waals surface area contributed by atoms with Crippen LogP contribution in [-0.4, -0.2) is 45.0 Å². The van der Waals surface area contributed by atoms with Crippen LogP contribution in [0.5, 0.6) is 0 Å². The molecular weight excluding hydrogens is 364 g/mol. The molecule has 1 aromatic carbocycles. The van der Waals surface area contributed by atoms with Crippen LogP contribution in [0.2, 0.25) is 0 Å². The molecule has 0 unspecified atom stereocenters. The number of aromatic nitrogens is 4. The van der Waals surface area contributed by atoms with Crippen molar-refractivity contribution in [3.63, 3.8) is 0 Å². The standard InChI is InChI=1S/C22H20N6O/c1-28-11-17(12-28)14-2-4-18(5-3-14)26-21-20-15(6-7-25-22(20)29)8-19(27-21)16-9-23-13-24-10-16/h2-10,13,17H,11-12H2,1H3,(H,25,29)(H,26,27). The highest BCUT2D eigenvalue weighted by atomic mass is 16.1. The summed E-state index contributed by atoms with van der Waals surface area (Å²) in [7, 11) is 2.13. The summed E-state index contributed by atoms with van der Waals surface area (Å²) in [6, 6.07) is 12.1. The molecule has 3 aromatic heterocycles. The average Bonchev–Trinajstić information content (AvgIpc) is 2.73. The van der Waals surface area contributed by atoms with Gasteiger partial charge in [0.2, 0.25) is 0 Å². The Morgan fingerprint density at radius 1 is 1.10 bits per heavy atom. The predicted molar refractivity (Wildman–Crippen MR) is 113 cm³/mol. The monoisotopic (exact) mass is 384 g/mol. The summed E-state index contributed by atoms with van der Waals surface area (Å²) in [5.74, 6) is 1.11. The first kappa shape index (κ1) is 17.5. The second-order valence-electron chi connectivity index (χ2n) is 7.42. The number of likely N-dealkylation sites (tertiary alicyclic amines) is 1. The predicted octanol–water partition coefficient (Wildman–Crippen LogP) is 3.15. The highest BCUT2D eigenvalue weighted by Gasteiger charge is 2.24. The van der Waals surface area contributed by atoms with E-state index < -0.39 is 0 Å². The Morgan fingerprint density at radius 3 is 2.59 bits per heavy atom. The summed E-state index contributed by atoms with van der Waals surface area (Å²) < 4.78 is 0. The lowest BCUT2D eigenvalue weighted by atomic mass is 9.92. The normalized spacial score (nSPS) is 14.7. The van der Waals surface area contributed by atoms with Gasteiger partial charge >= 0.3 is 0 Å². The molecule has 7 heteroatoms. The lowest BCUT2D eigenvalue weighted by Crippen LogP contribution is -2.41. The lowest BCUT2D eigenvalue weighted by Gasteiger charge is -2.36. The molecule has 1 saturated heterocycles. The molecule has 1 aliphatic rings. The minimum Gasteiger partial charge on any atom is -0.340 e. The number of H-pyrrole nitrogens is 1. The number of aromatic amines is 1. The lowest BCUT2D eigenvalue weighted by molar-refractivity contribution is 0.190. The van der Waals surface area contributed by atoms with Crippen molar-refractivity contribution in [2.75, 3.05) is 25.5 Å². The van der Waals surface area contributed by atoms with Gasteiger partial charge in [0.1, 0.15) is 12.1 Å². The van der Waals surface area contributed by atoms with Crippen LogP contribution in [-0.2, 0) is 0 Å². The maximum absolute atomic E-state index is 12.5. The Kier molecular flexibility index (Phi) is 4.29. The molecule has 4 heterocycles. The van der Waals surface area contributed by atoms with E-state index in [1.54, 1.807) is 18.6 Å². The number of rotatable bonds is 4. The van der Waals surface area contributed by atoms with Crippen LogP contribution in [0.15, 0.2) is 66.1 Å². The summed E-state index contributed by atoms with van der Waals surface area (Å²) in [6.45, 7) is 2.19. The minimum absolute atomic E-state index is 0.178. The molecule has 0 bridgehead atoms. The van der Waals surface area contributed by atoms with Gasteiger partial charge < -0.3 is 15.2 Å². The fraction of sp³-hybridized carbons (Fsp3) is 0.182. The van der Waals surface area contributed by atoms with Crippen LogP contribution < -0.4 is 10.9 Å². The summed E-state index contributed by atoms with van der Waals surface area (Å²) in [5.41, 5.74) is 3.55. The molecular formula is C22H20N6O. The van der Waals surface area contributed by atoms with Crippen molar-refractivity contribution in [3.8, 4) is 11.3 Å². The molecule has 144 valence electrons. The molecule has 2 N–H and O–H groups in total. The second kappa shape index (κ2) is 7.10. The van der Waals surface area contributed by atoms with E-state index >= 15 is 0 Å². The van der Waals surface area contributed by atoms with Crippen LogP contribution in [0.4, 0.5) is 11.5 Å². The fourth-order valence-electron chi connectivity index (χ4n) is 3.77. The molecule has 0 saturated carbocycles. The maximum atomic E-state index is 12.5. The van der Waals surface area contributed by atoms with E-state index in [4.69, 9.17) is 4.98 Å². The van der Waals surface area contributed by atoms with Crippen LogP contribution >= 0.6 is 0 Å². The first-order chi connectivity index (χ1) is 14.2. The molecule has 0 amide bonds. The summed E-state index contributed by atoms with van der Waals surface area (Å²) in [5, 5.41) is 4.66. The topological polar surface area (TPSA) is 86.8 Å². The van der Waals surface area contributed by atoms with Crippen molar-refractivity contribution < 1.29 is 0 Å². The van der Waals surface area contributed by atoms with Crippen molar-refractivity contribution in [2.24, 2.45) is 0 Å². The third kappa shape index (κ3) is 3.36. The molecule has 1 aliphatic heterocycles.